The number of thiophene rings is 1. The van der Waals surface area contributed by atoms with Crippen LogP contribution in [0.5, 0.6) is 11.5 Å². The summed E-state index contributed by atoms with van der Waals surface area (Å²) >= 11 is 0.871. The van der Waals surface area contributed by atoms with Gasteiger partial charge in [0.1, 0.15) is 16.4 Å². The largest absolute Gasteiger partial charge is 0.508 e. The molecule has 0 atom stereocenters. The number of nitrogens with zero attached hydrogens (tertiary/aromatic N) is 1. The van der Waals surface area contributed by atoms with E-state index in [2.05, 4.69) is 0 Å². The van der Waals surface area contributed by atoms with E-state index in [0.29, 0.717) is 10.8 Å². The van der Waals surface area contributed by atoms with Gasteiger partial charge < -0.3 is 25.6 Å². The zero-order chi connectivity index (χ0) is 23.4. The topological polar surface area (TPSA) is 126 Å². The summed E-state index contributed by atoms with van der Waals surface area (Å²) in [5.74, 6) is -3.16. The number of phenolic OH excluding ortho intramolecular Hbond substituents is 1. The first kappa shape index (κ1) is 21.2. The van der Waals surface area contributed by atoms with Crippen molar-refractivity contribution >= 4 is 33.4 Å². The highest BCUT2D eigenvalue weighted by Gasteiger charge is 2.35. The second kappa shape index (κ2) is 7.31. The summed E-state index contributed by atoms with van der Waals surface area (Å²) in [7, 11) is 0. The van der Waals surface area contributed by atoms with E-state index in [9.17, 15) is 38.1 Å². The monoisotopic (exact) mass is 462 g/mol. The predicted octanol–water partition coefficient (Wildman–Crippen LogP) is 4.59. The number of primary amides is 1. The number of hydrogen-bond acceptors (Lipinski definition) is 5. The minimum atomic E-state index is -4.79. The lowest BCUT2D eigenvalue weighted by molar-refractivity contribution is -0.137. The van der Waals surface area contributed by atoms with Crippen molar-refractivity contribution < 1.29 is 38.1 Å². The third-order valence-electron chi connectivity index (χ3n) is 4.79. The van der Waals surface area contributed by atoms with Crippen LogP contribution < -0.4 is 5.73 Å². The number of rotatable bonds is 4. The fourth-order valence-corrected chi connectivity index (χ4v) is 4.35. The second-order valence-corrected chi connectivity index (χ2v) is 7.91. The molecule has 0 aliphatic carbocycles. The molecule has 1 amide bonds. The summed E-state index contributed by atoms with van der Waals surface area (Å²) in [6.07, 6.45) is -4.79. The van der Waals surface area contributed by atoms with Crippen molar-refractivity contribution in [2.75, 3.05) is 0 Å². The molecule has 0 unspecified atom stereocenters. The van der Waals surface area contributed by atoms with Gasteiger partial charge >= 0.3 is 12.1 Å². The Bertz CT molecular complexity index is 1400. The third kappa shape index (κ3) is 3.52. The van der Waals surface area contributed by atoms with E-state index in [-0.39, 0.29) is 32.9 Å². The van der Waals surface area contributed by atoms with Crippen molar-refractivity contribution in [1.29, 1.82) is 0 Å². The fraction of sp³-hybridized carbons (Fsp3) is 0.0476. The van der Waals surface area contributed by atoms with Crippen LogP contribution in [-0.2, 0) is 6.18 Å². The lowest BCUT2D eigenvalue weighted by Gasteiger charge is -2.17. The molecule has 32 heavy (non-hydrogen) atoms. The van der Waals surface area contributed by atoms with E-state index in [0.717, 1.165) is 29.5 Å². The van der Waals surface area contributed by atoms with E-state index >= 15 is 0 Å². The number of nitrogens with two attached hydrogens (primary N) is 1. The van der Waals surface area contributed by atoms with Crippen LogP contribution in [0.4, 0.5) is 13.2 Å². The maximum atomic E-state index is 13.7. The van der Waals surface area contributed by atoms with Crippen LogP contribution in [-0.4, -0.2) is 31.8 Å². The van der Waals surface area contributed by atoms with Crippen LogP contribution in [0.25, 0.3) is 27.2 Å². The lowest BCUT2D eigenvalue weighted by Crippen LogP contribution is -2.11. The number of halogens is 3. The molecular formula is C21H13F3N2O5S. The zero-order valence-electron chi connectivity index (χ0n) is 15.8. The number of carboxylic acid groups (broad SMARTS) is 1. The molecule has 2 aromatic heterocycles. The summed E-state index contributed by atoms with van der Waals surface area (Å²) in [4.78, 5) is 22.8. The second-order valence-electron chi connectivity index (χ2n) is 6.82. The van der Waals surface area contributed by atoms with Crippen molar-refractivity contribution in [2.24, 2.45) is 5.73 Å². The van der Waals surface area contributed by atoms with Crippen LogP contribution in [0.3, 0.4) is 0 Å². The Hall–Kier alpha value is -3.99. The number of benzene rings is 2. The van der Waals surface area contributed by atoms with E-state index in [4.69, 9.17) is 5.73 Å². The third-order valence-corrected chi connectivity index (χ3v) is 5.85. The number of fused-ring (bicyclic) bond motifs is 1. The van der Waals surface area contributed by atoms with Crippen LogP contribution in [0.15, 0.2) is 48.5 Å². The molecule has 5 N–H and O–H groups in total. The van der Waals surface area contributed by atoms with Gasteiger partial charge in [0, 0.05) is 17.3 Å². The quantitative estimate of drug-likeness (QED) is 0.353. The maximum absolute atomic E-state index is 13.7. The van der Waals surface area contributed by atoms with Gasteiger partial charge in [-0.05, 0) is 42.5 Å². The fourth-order valence-electron chi connectivity index (χ4n) is 3.43. The first-order chi connectivity index (χ1) is 15.0. The highest BCUT2D eigenvalue weighted by Crippen LogP contribution is 2.43. The first-order valence-corrected chi connectivity index (χ1v) is 9.71. The molecule has 164 valence electrons. The molecule has 2 heterocycles. The van der Waals surface area contributed by atoms with Gasteiger partial charge in [0.05, 0.1) is 27.0 Å². The summed E-state index contributed by atoms with van der Waals surface area (Å²) in [6.45, 7) is 0. The van der Waals surface area contributed by atoms with Crippen LogP contribution >= 0.6 is 11.3 Å². The molecule has 4 aromatic rings. The number of aromatic hydroxyl groups is 2. The molecule has 11 heteroatoms. The molecule has 4 rings (SSSR count). The van der Waals surface area contributed by atoms with Crippen molar-refractivity contribution in [3.63, 3.8) is 0 Å². The van der Waals surface area contributed by atoms with Gasteiger partial charge in [-0.3, -0.25) is 4.79 Å². The average molecular weight is 462 g/mol. The first-order valence-electron chi connectivity index (χ1n) is 8.89. The zero-order valence-corrected chi connectivity index (χ0v) is 16.7. The molecule has 0 bridgehead atoms. The van der Waals surface area contributed by atoms with Crippen molar-refractivity contribution in [2.45, 2.75) is 6.18 Å². The number of carboxylic acids is 1. The van der Waals surface area contributed by atoms with E-state index in [1.807, 2.05) is 0 Å². The average Bonchev–Trinajstić information content (AvgIpc) is 3.25. The van der Waals surface area contributed by atoms with Gasteiger partial charge in [0.2, 0.25) is 0 Å². The number of carbonyl (C=O) groups is 2. The van der Waals surface area contributed by atoms with Crippen LogP contribution in [0.2, 0.25) is 0 Å². The smallest absolute Gasteiger partial charge is 0.417 e. The molecule has 0 aliphatic rings. The Balaban J connectivity index is 2.06. The highest BCUT2D eigenvalue weighted by molar-refractivity contribution is 7.20. The molecule has 0 spiro atoms. The molecule has 7 nitrogen and oxygen atoms in total. The van der Waals surface area contributed by atoms with Gasteiger partial charge in [-0.25, -0.2) is 4.79 Å². The number of aromatic nitrogens is 1. The van der Waals surface area contributed by atoms with Crippen molar-refractivity contribution in [3.05, 3.63) is 64.5 Å². The molecule has 0 saturated carbocycles. The molecule has 0 saturated heterocycles. The van der Waals surface area contributed by atoms with E-state index in [1.54, 1.807) is 0 Å². The number of phenols is 2. The van der Waals surface area contributed by atoms with Crippen LogP contribution in [0, 0.1) is 0 Å². The lowest BCUT2D eigenvalue weighted by atomic mass is 10.0. The van der Waals surface area contributed by atoms with Gasteiger partial charge in [-0.2, -0.15) is 13.2 Å². The standard InChI is InChI=1S/C21H13F3N2O5S/c22-21(23,24)13-6-10(27)2-4-11(13)14-7-17-15(8-18(32-17)20(30)31)26(14)9-1-3-12(19(25)29)16(28)5-9/h1-8,27-28H,(H2,25,29)(H,30,31). The normalized spacial score (nSPS) is 11.7. The Morgan fingerprint density at radius 1 is 1.00 bits per heavy atom. The van der Waals surface area contributed by atoms with Gasteiger partial charge in [0.25, 0.3) is 5.91 Å². The van der Waals surface area contributed by atoms with Crippen LogP contribution in [0.1, 0.15) is 25.6 Å². The number of carbonyl (C=O) groups excluding carboxylic acids is 1. The van der Waals surface area contributed by atoms with Gasteiger partial charge in [-0.1, -0.05) is 0 Å². The summed E-state index contributed by atoms with van der Waals surface area (Å²) < 4.78 is 42.9. The molecular weight excluding hydrogens is 449 g/mol. The van der Waals surface area contributed by atoms with E-state index in [1.165, 1.54) is 28.8 Å². The summed E-state index contributed by atoms with van der Waals surface area (Å²) in [5, 5.41) is 29.1. The number of alkyl halides is 3. The van der Waals surface area contributed by atoms with Gasteiger partial charge in [-0.15, -0.1) is 11.3 Å². The summed E-state index contributed by atoms with van der Waals surface area (Å²) in [6, 6.07) is 9.23. The maximum Gasteiger partial charge on any atom is 0.417 e. The summed E-state index contributed by atoms with van der Waals surface area (Å²) in [5.41, 5.74) is 4.15. The highest BCUT2D eigenvalue weighted by atomic mass is 32.1. The van der Waals surface area contributed by atoms with Crippen molar-refractivity contribution in [3.8, 4) is 28.4 Å². The molecule has 0 fully saturated rings. The van der Waals surface area contributed by atoms with E-state index < -0.39 is 35.1 Å². The Kier molecular flexibility index (Phi) is 4.85. The van der Waals surface area contributed by atoms with Gasteiger partial charge in [0.15, 0.2) is 0 Å². The predicted molar refractivity (Wildman–Crippen MR) is 110 cm³/mol. The minimum Gasteiger partial charge on any atom is -0.508 e. The Morgan fingerprint density at radius 3 is 2.31 bits per heavy atom. The number of amides is 1. The minimum absolute atomic E-state index is 0.0324. The molecule has 0 aliphatic heterocycles. The van der Waals surface area contributed by atoms with Crippen molar-refractivity contribution in [1.82, 2.24) is 4.57 Å². The molecule has 0 radical (unpaired) electrons. The molecule has 2 aromatic carbocycles. The Labute approximate surface area is 181 Å². The SMILES string of the molecule is NC(=O)c1ccc(-n2c(-c3ccc(O)cc3C(F)(F)F)cc3sc(C(=O)O)cc32)cc1O. The number of aromatic carboxylic acids is 1. The Morgan fingerprint density at radius 2 is 1.72 bits per heavy atom. The number of hydrogen-bond donors (Lipinski definition) is 4.